The second kappa shape index (κ2) is 9.71. The molecule has 0 unspecified atom stereocenters. The molecule has 0 aliphatic heterocycles. The minimum atomic E-state index is -0.239. The van der Waals surface area contributed by atoms with Crippen LogP contribution in [0.4, 0.5) is 0 Å². The molecule has 3 aromatic rings. The van der Waals surface area contributed by atoms with Crippen LogP contribution in [0.5, 0.6) is 5.75 Å². The minimum absolute atomic E-state index is 0.160. The van der Waals surface area contributed by atoms with Gasteiger partial charge in [0.2, 0.25) is 11.8 Å². The highest BCUT2D eigenvalue weighted by atomic mass is 35.5. The SMILES string of the molecule is CCCN(Cc1nnc(-c2ccccc2Cl)o1)C(=O)COc1ccccc1C#N. The summed E-state index contributed by atoms with van der Waals surface area (Å²) in [6.45, 7) is 2.44. The van der Waals surface area contributed by atoms with E-state index >= 15 is 0 Å². The van der Waals surface area contributed by atoms with Crippen molar-refractivity contribution in [3.8, 4) is 23.3 Å². The molecule has 1 aromatic heterocycles. The van der Waals surface area contributed by atoms with Crippen molar-refractivity contribution in [2.45, 2.75) is 19.9 Å². The van der Waals surface area contributed by atoms with Gasteiger partial charge in [-0.25, -0.2) is 0 Å². The van der Waals surface area contributed by atoms with Crippen molar-refractivity contribution in [1.29, 1.82) is 5.26 Å². The van der Waals surface area contributed by atoms with Gasteiger partial charge in [-0.1, -0.05) is 42.8 Å². The second-order valence-corrected chi connectivity index (χ2v) is 6.60. The lowest BCUT2D eigenvalue weighted by molar-refractivity contribution is -0.134. The van der Waals surface area contributed by atoms with Crippen LogP contribution in [0.15, 0.2) is 52.9 Å². The fourth-order valence-electron chi connectivity index (χ4n) is 2.70. The van der Waals surface area contributed by atoms with Crippen LogP contribution in [-0.4, -0.2) is 34.2 Å². The Labute approximate surface area is 173 Å². The molecule has 2 aromatic carbocycles. The van der Waals surface area contributed by atoms with E-state index < -0.39 is 0 Å². The zero-order valence-corrected chi connectivity index (χ0v) is 16.6. The van der Waals surface area contributed by atoms with Crippen molar-refractivity contribution in [2.24, 2.45) is 0 Å². The first-order valence-corrected chi connectivity index (χ1v) is 9.47. The maximum Gasteiger partial charge on any atom is 0.260 e. The maximum atomic E-state index is 12.6. The molecule has 1 amide bonds. The summed E-state index contributed by atoms with van der Waals surface area (Å²) in [4.78, 5) is 14.2. The number of carbonyl (C=O) groups excluding carboxylic acids is 1. The summed E-state index contributed by atoms with van der Waals surface area (Å²) in [5.41, 5.74) is 1.02. The van der Waals surface area contributed by atoms with Gasteiger partial charge in [-0.3, -0.25) is 4.79 Å². The number of aromatic nitrogens is 2. The molecule has 0 radical (unpaired) electrons. The number of para-hydroxylation sites is 1. The van der Waals surface area contributed by atoms with E-state index in [0.29, 0.717) is 40.2 Å². The molecule has 29 heavy (non-hydrogen) atoms. The maximum absolute atomic E-state index is 12.6. The van der Waals surface area contributed by atoms with Gasteiger partial charge in [-0.15, -0.1) is 10.2 Å². The van der Waals surface area contributed by atoms with Crippen molar-refractivity contribution in [3.05, 3.63) is 65.0 Å². The summed E-state index contributed by atoms with van der Waals surface area (Å²) in [5.74, 6) is 0.739. The summed E-state index contributed by atoms with van der Waals surface area (Å²) < 4.78 is 11.2. The smallest absolute Gasteiger partial charge is 0.260 e. The predicted molar refractivity (Wildman–Crippen MR) is 107 cm³/mol. The Morgan fingerprint density at radius 2 is 1.97 bits per heavy atom. The average Bonchev–Trinajstić information content (AvgIpc) is 3.20. The van der Waals surface area contributed by atoms with Crippen molar-refractivity contribution >= 4 is 17.5 Å². The molecular weight excluding hydrogens is 392 g/mol. The van der Waals surface area contributed by atoms with E-state index in [2.05, 4.69) is 10.2 Å². The fraction of sp³-hybridized carbons (Fsp3) is 0.238. The largest absolute Gasteiger partial charge is 0.482 e. The number of amides is 1. The van der Waals surface area contributed by atoms with E-state index in [1.54, 1.807) is 41.3 Å². The normalized spacial score (nSPS) is 10.4. The molecule has 0 atom stereocenters. The lowest BCUT2D eigenvalue weighted by Gasteiger charge is -2.20. The van der Waals surface area contributed by atoms with Gasteiger partial charge in [0.15, 0.2) is 6.61 Å². The molecule has 0 fully saturated rings. The quantitative estimate of drug-likeness (QED) is 0.555. The molecular formula is C21H19ClN4O3. The van der Waals surface area contributed by atoms with Gasteiger partial charge in [0.25, 0.3) is 5.91 Å². The Kier molecular flexibility index (Phi) is 6.82. The van der Waals surface area contributed by atoms with Crippen molar-refractivity contribution in [2.75, 3.05) is 13.2 Å². The Hall–Kier alpha value is -3.37. The van der Waals surface area contributed by atoms with Gasteiger partial charge in [0.1, 0.15) is 11.8 Å². The molecule has 7 nitrogen and oxygen atoms in total. The van der Waals surface area contributed by atoms with E-state index in [-0.39, 0.29) is 19.1 Å². The predicted octanol–water partition coefficient (Wildman–Crippen LogP) is 4.08. The number of rotatable bonds is 8. The summed E-state index contributed by atoms with van der Waals surface area (Å²) in [6, 6.07) is 16.0. The first-order valence-electron chi connectivity index (χ1n) is 9.09. The molecule has 0 spiro atoms. The fourth-order valence-corrected chi connectivity index (χ4v) is 2.92. The average molecular weight is 411 g/mol. The molecule has 0 bridgehead atoms. The first kappa shape index (κ1) is 20.4. The Morgan fingerprint density at radius 1 is 1.21 bits per heavy atom. The zero-order chi connectivity index (χ0) is 20.6. The van der Waals surface area contributed by atoms with Gasteiger partial charge in [0, 0.05) is 6.54 Å². The standard InChI is InChI=1S/C21H19ClN4O3/c1-2-11-26(20(27)14-28-18-10-6-3-7-15(18)12-23)13-19-24-25-21(29-19)16-8-4-5-9-17(16)22/h3-10H,2,11,13-14H2,1H3. The molecule has 0 N–H and O–H groups in total. The minimum Gasteiger partial charge on any atom is -0.482 e. The number of hydrogen-bond donors (Lipinski definition) is 0. The van der Waals surface area contributed by atoms with Gasteiger partial charge < -0.3 is 14.1 Å². The van der Waals surface area contributed by atoms with Crippen LogP contribution in [0.3, 0.4) is 0 Å². The van der Waals surface area contributed by atoms with Crippen LogP contribution in [0, 0.1) is 11.3 Å². The number of nitrogens with zero attached hydrogens (tertiary/aromatic N) is 4. The monoisotopic (exact) mass is 410 g/mol. The molecule has 8 heteroatoms. The number of nitriles is 1. The zero-order valence-electron chi connectivity index (χ0n) is 15.8. The number of benzene rings is 2. The number of hydrogen-bond acceptors (Lipinski definition) is 6. The summed E-state index contributed by atoms with van der Waals surface area (Å²) in [6.07, 6.45) is 0.756. The van der Waals surface area contributed by atoms with E-state index in [9.17, 15) is 4.79 Å². The number of halogens is 1. The lowest BCUT2D eigenvalue weighted by Crippen LogP contribution is -2.35. The van der Waals surface area contributed by atoms with E-state index in [4.69, 9.17) is 26.0 Å². The van der Waals surface area contributed by atoms with Crippen molar-refractivity contribution in [3.63, 3.8) is 0 Å². The molecule has 148 valence electrons. The van der Waals surface area contributed by atoms with Gasteiger partial charge in [0.05, 0.1) is 22.7 Å². The van der Waals surface area contributed by atoms with Crippen LogP contribution in [-0.2, 0) is 11.3 Å². The van der Waals surface area contributed by atoms with Gasteiger partial charge in [-0.05, 0) is 30.7 Å². The Bertz CT molecular complexity index is 1030. The third kappa shape index (κ3) is 5.12. The van der Waals surface area contributed by atoms with Crippen LogP contribution >= 0.6 is 11.6 Å². The highest BCUT2D eigenvalue weighted by Crippen LogP contribution is 2.26. The molecule has 0 aliphatic carbocycles. The van der Waals surface area contributed by atoms with Crippen LogP contribution in [0.1, 0.15) is 24.8 Å². The number of ether oxygens (including phenoxy) is 1. The molecule has 3 rings (SSSR count). The summed E-state index contributed by atoms with van der Waals surface area (Å²) in [7, 11) is 0. The Balaban J connectivity index is 1.68. The highest BCUT2D eigenvalue weighted by Gasteiger charge is 2.19. The topological polar surface area (TPSA) is 92.2 Å². The van der Waals surface area contributed by atoms with Crippen LogP contribution in [0.25, 0.3) is 11.5 Å². The van der Waals surface area contributed by atoms with Crippen molar-refractivity contribution < 1.29 is 13.9 Å². The van der Waals surface area contributed by atoms with Gasteiger partial charge in [-0.2, -0.15) is 5.26 Å². The van der Waals surface area contributed by atoms with Crippen molar-refractivity contribution in [1.82, 2.24) is 15.1 Å². The second-order valence-electron chi connectivity index (χ2n) is 6.19. The summed E-state index contributed by atoms with van der Waals surface area (Å²) >= 11 is 6.17. The Morgan fingerprint density at radius 3 is 2.72 bits per heavy atom. The molecule has 0 saturated carbocycles. The molecule has 0 aliphatic rings. The van der Waals surface area contributed by atoms with Crippen LogP contribution in [0.2, 0.25) is 5.02 Å². The third-order valence-electron chi connectivity index (χ3n) is 4.10. The highest BCUT2D eigenvalue weighted by molar-refractivity contribution is 6.33. The summed E-state index contributed by atoms with van der Waals surface area (Å²) in [5, 5.41) is 17.7. The molecule has 1 heterocycles. The van der Waals surface area contributed by atoms with E-state index in [0.717, 1.165) is 6.42 Å². The van der Waals surface area contributed by atoms with Crippen LogP contribution < -0.4 is 4.74 Å². The van der Waals surface area contributed by atoms with Gasteiger partial charge >= 0.3 is 0 Å². The first-order chi connectivity index (χ1) is 14.1. The molecule has 0 saturated heterocycles. The van der Waals surface area contributed by atoms with E-state index in [1.807, 2.05) is 25.1 Å². The third-order valence-corrected chi connectivity index (χ3v) is 4.43. The van der Waals surface area contributed by atoms with E-state index in [1.165, 1.54) is 0 Å². The lowest BCUT2D eigenvalue weighted by atomic mass is 10.2. The number of carbonyl (C=O) groups is 1.